The molecule has 2 heterocycles. The molecule has 1 aromatic heterocycles. The molecule has 0 N–H and O–H groups in total. The van der Waals surface area contributed by atoms with Crippen molar-refractivity contribution in [2.45, 2.75) is 38.3 Å². The number of hydrogen-bond acceptors (Lipinski definition) is 4. The van der Waals surface area contributed by atoms with Crippen molar-refractivity contribution in [2.24, 2.45) is 0 Å². The molecule has 6 nitrogen and oxygen atoms in total. The number of benzene rings is 1. The van der Waals surface area contributed by atoms with Gasteiger partial charge in [0.2, 0.25) is 0 Å². The van der Waals surface area contributed by atoms with E-state index in [0.717, 1.165) is 17.7 Å². The highest BCUT2D eigenvalue weighted by Crippen LogP contribution is 2.32. The standard InChI is InChI=1S/C19H23N3O3/c1-14-12-21(13-20-14)19(2,15-8-5-4-6-9-15)18(24)22-11-7-10-16(22)17(23)25-3/h4-6,8-9,12-13,16H,7,10-11H2,1-3H3/t16-,19?/m1/s1. The van der Waals surface area contributed by atoms with Crippen molar-refractivity contribution in [3.8, 4) is 0 Å². The monoisotopic (exact) mass is 341 g/mol. The molecule has 3 rings (SSSR count). The number of ether oxygens (including phenoxy) is 1. The fraction of sp³-hybridized carbons (Fsp3) is 0.421. The van der Waals surface area contributed by atoms with Gasteiger partial charge in [0.05, 0.1) is 19.1 Å². The SMILES string of the molecule is COC(=O)[C@H]1CCCN1C(=O)C(C)(c1ccccc1)n1cnc(C)c1. The molecule has 25 heavy (non-hydrogen) atoms. The molecule has 1 amide bonds. The molecule has 1 saturated heterocycles. The molecule has 132 valence electrons. The van der Waals surface area contributed by atoms with E-state index in [-0.39, 0.29) is 11.9 Å². The van der Waals surface area contributed by atoms with Crippen LogP contribution >= 0.6 is 0 Å². The third-order valence-electron chi connectivity index (χ3n) is 4.97. The second kappa shape index (κ2) is 6.70. The van der Waals surface area contributed by atoms with Gasteiger partial charge in [-0.15, -0.1) is 0 Å². The molecule has 0 saturated carbocycles. The van der Waals surface area contributed by atoms with E-state index in [0.29, 0.717) is 13.0 Å². The quantitative estimate of drug-likeness (QED) is 0.799. The number of carbonyl (C=O) groups excluding carboxylic acids is 2. The minimum atomic E-state index is -0.973. The minimum Gasteiger partial charge on any atom is -0.467 e. The van der Waals surface area contributed by atoms with Crippen LogP contribution in [0.15, 0.2) is 42.9 Å². The Morgan fingerprint density at radius 3 is 2.60 bits per heavy atom. The molecular formula is C19H23N3O3. The molecular weight excluding hydrogens is 318 g/mol. The first-order chi connectivity index (χ1) is 12.0. The zero-order chi connectivity index (χ0) is 18.0. The van der Waals surface area contributed by atoms with Gasteiger partial charge in [0.25, 0.3) is 5.91 Å². The van der Waals surface area contributed by atoms with Crippen LogP contribution in [0.3, 0.4) is 0 Å². The number of rotatable bonds is 4. The molecule has 1 unspecified atom stereocenters. The summed E-state index contributed by atoms with van der Waals surface area (Å²) in [6, 6.07) is 9.07. The average Bonchev–Trinajstić information content (AvgIpc) is 3.29. The maximum atomic E-state index is 13.6. The van der Waals surface area contributed by atoms with Crippen LogP contribution in [0.2, 0.25) is 0 Å². The third-order valence-corrected chi connectivity index (χ3v) is 4.97. The smallest absolute Gasteiger partial charge is 0.328 e. The first-order valence-corrected chi connectivity index (χ1v) is 8.44. The van der Waals surface area contributed by atoms with Crippen LogP contribution in [0.1, 0.15) is 31.0 Å². The molecule has 1 fully saturated rings. The van der Waals surface area contributed by atoms with E-state index >= 15 is 0 Å². The topological polar surface area (TPSA) is 64.4 Å². The lowest BCUT2D eigenvalue weighted by atomic mass is 9.89. The maximum Gasteiger partial charge on any atom is 0.328 e. The normalized spacial score (nSPS) is 19.5. The highest BCUT2D eigenvalue weighted by Gasteiger charge is 2.45. The van der Waals surface area contributed by atoms with Gasteiger partial charge >= 0.3 is 5.97 Å². The number of likely N-dealkylation sites (tertiary alicyclic amines) is 1. The zero-order valence-corrected chi connectivity index (χ0v) is 14.8. The molecule has 2 aromatic rings. The van der Waals surface area contributed by atoms with Crippen LogP contribution in [-0.2, 0) is 19.9 Å². The second-order valence-electron chi connectivity index (χ2n) is 6.54. The van der Waals surface area contributed by atoms with Gasteiger partial charge < -0.3 is 14.2 Å². The largest absolute Gasteiger partial charge is 0.467 e. The van der Waals surface area contributed by atoms with Crippen LogP contribution in [0.4, 0.5) is 0 Å². The van der Waals surface area contributed by atoms with E-state index in [4.69, 9.17) is 4.74 Å². The highest BCUT2D eigenvalue weighted by atomic mass is 16.5. The number of nitrogens with zero attached hydrogens (tertiary/aromatic N) is 3. The van der Waals surface area contributed by atoms with Gasteiger partial charge in [-0.05, 0) is 32.3 Å². The molecule has 0 spiro atoms. The zero-order valence-electron chi connectivity index (χ0n) is 14.8. The Bertz CT molecular complexity index is 771. The average molecular weight is 341 g/mol. The molecule has 6 heteroatoms. The van der Waals surface area contributed by atoms with E-state index in [9.17, 15) is 9.59 Å². The molecule has 1 aliphatic rings. The van der Waals surface area contributed by atoms with Crippen molar-refractivity contribution >= 4 is 11.9 Å². The lowest BCUT2D eigenvalue weighted by Crippen LogP contribution is -2.52. The van der Waals surface area contributed by atoms with Crippen molar-refractivity contribution in [3.05, 3.63) is 54.1 Å². The number of methoxy groups -OCH3 is 1. The summed E-state index contributed by atoms with van der Waals surface area (Å²) in [7, 11) is 1.36. The van der Waals surface area contributed by atoms with E-state index in [2.05, 4.69) is 4.98 Å². The van der Waals surface area contributed by atoms with Crippen LogP contribution in [-0.4, -0.2) is 46.0 Å². The molecule has 2 atom stereocenters. The van der Waals surface area contributed by atoms with Gasteiger partial charge in [0, 0.05) is 12.7 Å². The summed E-state index contributed by atoms with van der Waals surface area (Å²) in [4.78, 5) is 31.6. The van der Waals surface area contributed by atoms with E-state index in [1.807, 2.05) is 54.9 Å². The summed E-state index contributed by atoms with van der Waals surface area (Å²) >= 11 is 0. The first kappa shape index (κ1) is 17.2. The first-order valence-electron chi connectivity index (χ1n) is 8.44. The van der Waals surface area contributed by atoms with Crippen molar-refractivity contribution in [2.75, 3.05) is 13.7 Å². The van der Waals surface area contributed by atoms with E-state index in [1.165, 1.54) is 7.11 Å². The second-order valence-corrected chi connectivity index (χ2v) is 6.54. The van der Waals surface area contributed by atoms with E-state index in [1.54, 1.807) is 11.2 Å². The molecule has 0 bridgehead atoms. The number of aromatic nitrogens is 2. The van der Waals surface area contributed by atoms with Gasteiger partial charge in [-0.25, -0.2) is 9.78 Å². The minimum absolute atomic E-state index is 0.121. The maximum absolute atomic E-state index is 13.6. The Labute approximate surface area is 147 Å². The van der Waals surface area contributed by atoms with Crippen LogP contribution in [0.5, 0.6) is 0 Å². The van der Waals surface area contributed by atoms with Gasteiger partial charge in [0.15, 0.2) is 0 Å². The predicted octanol–water partition coefficient (Wildman–Crippen LogP) is 2.12. The Hall–Kier alpha value is -2.63. The number of imidazole rings is 1. The summed E-state index contributed by atoms with van der Waals surface area (Å²) in [5.74, 6) is -0.480. The summed E-state index contributed by atoms with van der Waals surface area (Å²) in [6.07, 6.45) is 4.95. The lowest BCUT2D eigenvalue weighted by Gasteiger charge is -2.36. The summed E-state index contributed by atoms with van der Waals surface area (Å²) in [5.41, 5.74) is 0.716. The Morgan fingerprint density at radius 2 is 2.00 bits per heavy atom. The number of amides is 1. The fourth-order valence-electron chi connectivity index (χ4n) is 3.48. The molecule has 0 aliphatic carbocycles. The van der Waals surface area contributed by atoms with Crippen LogP contribution in [0, 0.1) is 6.92 Å². The third kappa shape index (κ3) is 2.92. The Kier molecular flexibility index (Phi) is 4.61. The van der Waals surface area contributed by atoms with Crippen LogP contribution in [0.25, 0.3) is 0 Å². The molecule has 0 radical (unpaired) electrons. The molecule has 1 aromatic carbocycles. The van der Waals surface area contributed by atoms with E-state index < -0.39 is 11.6 Å². The van der Waals surface area contributed by atoms with Crippen molar-refractivity contribution in [1.29, 1.82) is 0 Å². The lowest BCUT2D eigenvalue weighted by molar-refractivity contribution is -0.153. The number of hydrogen-bond donors (Lipinski definition) is 0. The van der Waals surface area contributed by atoms with Crippen molar-refractivity contribution in [3.63, 3.8) is 0 Å². The summed E-state index contributed by atoms with van der Waals surface area (Å²) in [5, 5.41) is 0. The van der Waals surface area contributed by atoms with Gasteiger partial charge in [-0.1, -0.05) is 30.3 Å². The highest BCUT2D eigenvalue weighted by molar-refractivity contribution is 5.92. The number of aryl methyl sites for hydroxylation is 1. The van der Waals surface area contributed by atoms with Gasteiger partial charge in [0.1, 0.15) is 11.6 Å². The predicted molar refractivity (Wildman–Crippen MR) is 92.9 cm³/mol. The fourth-order valence-corrected chi connectivity index (χ4v) is 3.48. The summed E-state index contributed by atoms with van der Waals surface area (Å²) < 4.78 is 6.72. The van der Waals surface area contributed by atoms with Crippen molar-refractivity contribution in [1.82, 2.24) is 14.5 Å². The Balaban J connectivity index is 2.06. The van der Waals surface area contributed by atoms with Gasteiger partial charge in [-0.2, -0.15) is 0 Å². The number of esters is 1. The Morgan fingerprint density at radius 1 is 1.28 bits per heavy atom. The van der Waals surface area contributed by atoms with Gasteiger partial charge in [-0.3, -0.25) is 4.79 Å². The van der Waals surface area contributed by atoms with Crippen LogP contribution < -0.4 is 0 Å². The summed E-state index contributed by atoms with van der Waals surface area (Å²) in [6.45, 7) is 4.31. The molecule has 1 aliphatic heterocycles. The number of carbonyl (C=O) groups is 2. The van der Waals surface area contributed by atoms with Crippen molar-refractivity contribution < 1.29 is 14.3 Å².